The molecule has 22 heavy (non-hydrogen) atoms. The Bertz CT molecular complexity index is 583. The largest absolute Gasteiger partial charge is 0.339 e. The van der Waals surface area contributed by atoms with E-state index < -0.39 is 0 Å². The monoisotopic (exact) mass is 300 g/mol. The van der Waals surface area contributed by atoms with Crippen molar-refractivity contribution in [2.45, 2.75) is 27.2 Å². The number of carbonyl (C=O) groups excluding carboxylic acids is 2. The van der Waals surface area contributed by atoms with Gasteiger partial charge in [-0.2, -0.15) is 0 Å². The first-order valence-corrected chi connectivity index (χ1v) is 8.12. The maximum absolute atomic E-state index is 12.6. The van der Waals surface area contributed by atoms with Crippen LogP contribution in [-0.2, 0) is 4.79 Å². The van der Waals surface area contributed by atoms with Crippen LogP contribution in [0.4, 0.5) is 0 Å². The van der Waals surface area contributed by atoms with Gasteiger partial charge in [0, 0.05) is 37.7 Å². The maximum Gasteiger partial charge on any atom is 0.253 e. The molecule has 0 unspecified atom stereocenters. The molecule has 4 heteroatoms. The van der Waals surface area contributed by atoms with E-state index in [-0.39, 0.29) is 17.7 Å². The van der Waals surface area contributed by atoms with Crippen molar-refractivity contribution in [2.75, 3.05) is 26.2 Å². The lowest BCUT2D eigenvalue weighted by molar-refractivity contribution is -0.134. The average molecular weight is 300 g/mol. The fourth-order valence-electron chi connectivity index (χ4n) is 3.31. The van der Waals surface area contributed by atoms with Crippen LogP contribution in [0.15, 0.2) is 18.2 Å². The molecule has 1 aliphatic heterocycles. The van der Waals surface area contributed by atoms with E-state index in [4.69, 9.17) is 0 Å². The van der Waals surface area contributed by atoms with Crippen LogP contribution in [-0.4, -0.2) is 47.8 Å². The van der Waals surface area contributed by atoms with Crippen LogP contribution in [0.1, 0.15) is 34.8 Å². The van der Waals surface area contributed by atoms with Crippen LogP contribution < -0.4 is 0 Å². The minimum absolute atomic E-state index is 0.0821. The summed E-state index contributed by atoms with van der Waals surface area (Å²) >= 11 is 0. The third kappa shape index (κ3) is 3.01. The zero-order valence-electron chi connectivity index (χ0n) is 13.6. The van der Waals surface area contributed by atoms with E-state index in [2.05, 4.69) is 13.0 Å². The highest BCUT2D eigenvalue weighted by molar-refractivity contribution is 5.95. The number of aryl methyl sites for hydroxylation is 2. The highest BCUT2D eigenvalue weighted by Gasteiger charge is 2.42. The fraction of sp³-hybridized carbons (Fsp3) is 0.556. The fourth-order valence-corrected chi connectivity index (χ4v) is 3.31. The van der Waals surface area contributed by atoms with E-state index in [1.807, 2.05) is 35.8 Å². The number of piperazine rings is 1. The van der Waals surface area contributed by atoms with Crippen LogP contribution in [0.3, 0.4) is 0 Å². The van der Waals surface area contributed by atoms with Gasteiger partial charge in [0.2, 0.25) is 5.91 Å². The molecule has 0 bridgehead atoms. The highest BCUT2D eigenvalue weighted by atomic mass is 16.2. The lowest BCUT2D eigenvalue weighted by atomic mass is 10.1. The Morgan fingerprint density at radius 1 is 0.955 bits per heavy atom. The Morgan fingerprint density at radius 3 is 1.95 bits per heavy atom. The second-order valence-electron chi connectivity index (χ2n) is 6.81. The average Bonchev–Trinajstić information content (AvgIpc) is 3.22. The predicted molar refractivity (Wildman–Crippen MR) is 85.7 cm³/mol. The first kappa shape index (κ1) is 15.1. The van der Waals surface area contributed by atoms with Crippen molar-refractivity contribution in [3.63, 3.8) is 0 Å². The van der Waals surface area contributed by atoms with Gasteiger partial charge in [-0.3, -0.25) is 9.59 Å². The molecule has 1 saturated heterocycles. The van der Waals surface area contributed by atoms with Gasteiger partial charge in [-0.15, -0.1) is 0 Å². The molecule has 1 aromatic carbocycles. The summed E-state index contributed by atoms with van der Waals surface area (Å²) in [4.78, 5) is 28.6. The molecule has 1 heterocycles. The van der Waals surface area contributed by atoms with Crippen molar-refractivity contribution < 1.29 is 9.59 Å². The third-order valence-corrected chi connectivity index (χ3v) is 4.77. The lowest BCUT2D eigenvalue weighted by Crippen LogP contribution is -2.51. The second-order valence-corrected chi connectivity index (χ2v) is 6.81. The number of benzene rings is 1. The Hall–Kier alpha value is -1.84. The molecule has 4 nitrogen and oxygen atoms in total. The SMILES string of the molecule is Cc1cc(C)cc(C(=O)N2CCN(C(=O)[C@H]3C[C@H]3C)CC2)c1. The van der Waals surface area contributed by atoms with Gasteiger partial charge in [-0.25, -0.2) is 0 Å². The van der Waals surface area contributed by atoms with Crippen molar-refractivity contribution in [2.24, 2.45) is 11.8 Å². The van der Waals surface area contributed by atoms with Gasteiger partial charge in [0.1, 0.15) is 0 Å². The number of hydrogen-bond acceptors (Lipinski definition) is 2. The molecule has 0 spiro atoms. The van der Waals surface area contributed by atoms with Crippen molar-refractivity contribution in [1.29, 1.82) is 0 Å². The number of nitrogens with zero attached hydrogens (tertiary/aromatic N) is 2. The molecule has 2 amide bonds. The number of hydrogen-bond donors (Lipinski definition) is 0. The Kier molecular flexibility index (Phi) is 3.94. The van der Waals surface area contributed by atoms with E-state index >= 15 is 0 Å². The van der Waals surface area contributed by atoms with Gasteiger partial charge in [-0.05, 0) is 38.3 Å². The Balaban J connectivity index is 1.61. The molecule has 1 aliphatic carbocycles. The van der Waals surface area contributed by atoms with Crippen molar-refractivity contribution in [3.05, 3.63) is 34.9 Å². The van der Waals surface area contributed by atoms with E-state index in [0.717, 1.165) is 23.1 Å². The quantitative estimate of drug-likeness (QED) is 0.840. The van der Waals surface area contributed by atoms with Gasteiger partial charge >= 0.3 is 0 Å². The number of amides is 2. The Morgan fingerprint density at radius 2 is 1.45 bits per heavy atom. The molecule has 1 saturated carbocycles. The normalized spacial score (nSPS) is 24.3. The minimum Gasteiger partial charge on any atom is -0.339 e. The molecule has 2 aliphatic rings. The van der Waals surface area contributed by atoms with Gasteiger partial charge in [-0.1, -0.05) is 24.1 Å². The summed E-state index contributed by atoms with van der Waals surface area (Å²) in [5, 5.41) is 0. The summed E-state index contributed by atoms with van der Waals surface area (Å²) < 4.78 is 0. The molecule has 2 fully saturated rings. The van der Waals surface area contributed by atoms with E-state index in [1.165, 1.54) is 0 Å². The lowest BCUT2D eigenvalue weighted by Gasteiger charge is -2.35. The zero-order chi connectivity index (χ0) is 15.9. The van der Waals surface area contributed by atoms with Gasteiger partial charge in [0.25, 0.3) is 5.91 Å². The summed E-state index contributed by atoms with van der Waals surface area (Å²) in [5.74, 6) is 1.15. The summed E-state index contributed by atoms with van der Waals surface area (Å²) in [6.45, 7) is 8.76. The molecular formula is C18H24N2O2. The standard InChI is InChI=1S/C18H24N2O2/c1-12-8-13(2)10-15(9-12)17(21)19-4-6-20(7-5-19)18(22)16-11-14(16)3/h8-10,14,16H,4-7,11H2,1-3H3/t14-,16+/m1/s1. The smallest absolute Gasteiger partial charge is 0.253 e. The summed E-state index contributed by atoms with van der Waals surface area (Å²) in [7, 11) is 0. The first-order chi connectivity index (χ1) is 10.5. The van der Waals surface area contributed by atoms with E-state index in [1.54, 1.807) is 0 Å². The molecule has 0 N–H and O–H groups in total. The Labute approximate surface area is 132 Å². The van der Waals surface area contributed by atoms with E-state index in [9.17, 15) is 9.59 Å². The van der Waals surface area contributed by atoms with Crippen molar-refractivity contribution in [3.8, 4) is 0 Å². The van der Waals surface area contributed by atoms with Crippen molar-refractivity contribution in [1.82, 2.24) is 9.80 Å². The molecule has 2 atom stereocenters. The molecular weight excluding hydrogens is 276 g/mol. The molecule has 118 valence electrons. The summed E-state index contributed by atoms with van der Waals surface area (Å²) in [6, 6.07) is 5.96. The molecule has 0 aromatic heterocycles. The van der Waals surface area contributed by atoms with Crippen molar-refractivity contribution >= 4 is 11.8 Å². The topological polar surface area (TPSA) is 40.6 Å². The van der Waals surface area contributed by atoms with Gasteiger partial charge in [0.05, 0.1) is 0 Å². The highest BCUT2D eigenvalue weighted by Crippen LogP contribution is 2.39. The summed E-state index contributed by atoms with van der Waals surface area (Å²) in [5.41, 5.74) is 2.98. The third-order valence-electron chi connectivity index (χ3n) is 4.77. The van der Waals surface area contributed by atoms with Crippen LogP contribution in [0, 0.1) is 25.7 Å². The summed E-state index contributed by atoms with van der Waals surface area (Å²) in [6.07, 6.45) is 1.03. The van der Waals surface area contributed by atoms with Crippen LogP contribution in [0.5, 0.6) is 0 Å². The van der Waals surface area contributed by atoms with Crippen LogP contribution in [0.2, 0.25) is 0 Å². The van der Waals surface area contributed by atoms with Crippen LogP contribution in [0.25, 0.3) is 0 Å². The molecule has 0 radical (unpaired) electrons. The predicted octanol–water partition coefficient (Wildman–Crippen LogP) is 2.24. The molecule has 1 aromatic rings. The van der Waals surface area contributed by atoms with Gasteiger partial charge in [0.15, 0.2) is 0 Å². The minimum atomic E-state index is 0.0821. The maximum atomic E-state index is 12.6. The molecule has 3 rings (SSSR count). The van der Waals surface area contributed by atoms with Crippen LogP contribution >= 0.6 is 0 Å². The first-order valence-electron chi connectivity index (χ1n) is 8.12. The van der Waals surface area contributed by atoms with E-state index in [0.29, 0.717) is 32.1 Å². The van der Waals surface area contributed by atoms with Gasteiger partial charge < -0.3 is 9.80 Å². The second kappa shape index (κ2) is 5.75. The number of carbonyl (C=O) groups is 2. The number of rotatable bonds is 2. The zero-order valence-corrected chi connectivity index (χ0v) is 13.6.